The molecule has 0 bridgehead atoms. The standard InChI is InChI=1S/C38H50FN5O3/c1-38(2,40)21-8-13-35(45)43(4)34(26-28-14-17-29-10-6-7-11-30(29)24-28)37(47)44(5)33(25-27-15-18-31(39)19-16-27)36(46)41-22-20-32-12-9-23-42(32)3/h6-8,10-11,13-19,24,32-34H,9,12,20-23,25-26,40H2,1-5H3,(H,41,46)/b13-8+/t32?,33?,34-/m1/s1. The zero-order chi connectivity index (χ0) is 34.1. The third-order valence-electron chi connectivity index (χ3n) is 9.16. The molecule has 3 N–H and O–H groups in total. The zero-order valence-electron chi connectivity index (χ0n) is 28.4. The van der Waals surface area contributed by atoms with Crippen LogP contribution in [0, 0.1) is 5.82 Å². The van der Waals surface area contributed by atoms with Gasteiger partial charge in [0.1, 0.15) is 17.9 Å². The van der Waals surface area contributed by atoms with Crippen molar-refractivity contribution >= 4 is 28.5 Å². The normalized spacial score (nSPS) is 16.7. The first-order chi connectivity index (χ1) is 22.3. The van der Waals surface area contributed by atoms with Crippen molar-refractivity contribution in [3.63, 3.8) is 0 Å². The maximum atomic E-state index is 14.4. The predicted molar refractivity (Wildman–Crippen MR) is 186 cm³/mol. The lowest BCUT2D eigenvalue weighted by Gasteiger charge is -2.34. The Kier molecular flexibility index (Phi) is 12.3. The van der Waals surface area contributed by atoms with E-state index in [9.17, 15) is 18.8 Å². The molecular formula is C38H50FN5O3. The number of nitrogens with zero attached hydrogens (tertiary/aromatic N) is 3. The highest BCUT2D eigenvalue weighted by atomic mass is 19.1. The van der Waals surface area contributed by atoms with Crippen molar-refractivity contribution in [2.24, 2.45) is 5.73 Å². The van der Waals surface area contributed by atoms with Crippen LogP contribution in [0.2, 0.25) is 0 Å². The Labute approximate surface area is 278 Å². The van der Waals surface area contributed by atoms with Gasteiger partial charge in [0.25, 0.3) is 0 Å². The van der Waals surface area contributed by atoms with Crippen LogP contribution in [0.1, 0.15) is 50.7 Å². The highest BCUT2D eigenvalue weighted by molar-refractivity contribution is 5.95. The Bertz CT molecular complexity index is 1550. The summed E-state index contributed by atoms with van der Waals surface area (Å²) in [5, 5.41) is 5.17. The molecule has 1 heterocycles. The maximum Gasteiger partial charge on any atom is 0.246 e. The quantitative estimate of drug-likeness (QED) is 0.248. The lowest BCUT2D eigenvalue weighted by atomic mass is 9.98. The summed E-state index contributed by atoms with van der Waals surface area (Å²) < 4.78 is 13.7. The van der Waals surface area contributed by atoms with Gasteiger partial charge in [-0.1, -0.05) is 60.7 Å². The number of halogens is 1. The van der Waals surface area contributed by atoms with Gasteiger partial charge in [0.05, 0.1) is 0 Å². The SMILES string of the molecule is CN1CCCC1CCNC(=O)C(Cc1ccc(F)cc1)N(C)C(=O)[C@@H](Cc1ccc2ccccc2c1)N(C)C(=O)/C=C/CC(C)(C)N. The minimum absolute atomic E-state index is 0.198. The summed E-state index contributed by atoms with van der Waals surface area (Å²) in [5.74, 6) is -1.35. The summed E-state index contributed by atoms with van der Waals surface area (Å²) in [5.41, 5.74) is 7.24. The van der Waals surface area contributed by atoms with Crippen LogP contribution in [0.25, 0.3) is 10.8 Å². The number of amides is 3. The second-order valence-electron chi connectivity index (χ2n) is 13.6. The van der Waals surface area contributed by atoms with E-state index in [1.807, 2.05) is 56.3 Å². The number of fused-ring (bicyclic) bond motifs is 1. The predicted octanol–water partition coefficient (Wildman–Crippen LogP) is 4.70. The highest BCUT2D eigenvalue weighted by Gasteiger charge is 2.35. The van der Waals surface area contributed by atoms with Crippen molar-refractivity contribution in [3.8, 4) is 0 Å². The second-order valence-corrected chi connectivity index (χ2v) is 13.6. The molecule has 3 amide bonds. The summed E-state index contributed by atoms with van der Waals surface area (Å²) in [4.78, 5) is 46.9. The molecule has 0 aliphatic carbocycles. The van der Waals surface area contributed by atoms with E-state index in [0.29, 0.717) is 19.0 Å². The number of hydrogen-bond donors (Lipinski definition) is 2. The largest absolute Gasteiger partial charge is 0.354 e. The van der Waals surface area contributed by atoms with Crippen LogP contribution in [0.4, 0.5) is 4.39 Å². The van der Waals surface area contributed by atoms with E-state index in [1.54, 1.807) is 32.3 Å². The molecule has 9 heteroatoms. The molecule has 8 nitrogen and oxygen atoms in total. The van der Waals surface area contributed by atoms with Crippen molar-refractivity contribution in [1.29, 1.82) is 0 Å². The summed E-state index contributed by atoms with van der Waals surface area (Å²) in [6, 6.07) is 18.6. The fourth-order valence-electron chi connectivity index (χ4n) is 6.18. The molecule has 0 spiro atoms. The molecule has 252 valence electrons. The van der Waals surface area contributed by atoms with Crippen molar-refractivity contribution < 1.29 is 18.8 Å². The van der Waals surface area contributed by atoms with Crippen molar-refractivity contribution in [2.75, 3.05) is 34.2 Å². The minimum atomic E-state index is -0.889. The number of carbonyl (C=O) groups excluding carboxylic acids is 3. The van der Waals surface area contributed by atoms with E-state index in [0.717, 1.165) is 47.7 Å². The molecule has 3 atom stereocenters. The molecular weight excluding hydrogens is 593 g/mol. The first-order valence-corrected chi connectivity index (χ1v) is 16.5. The van der Waals surface area contributed by atoms with E-state index in [-0.39, 0.29) is 36.4 Å². The molecule has 1 fully saturated rings. The lowest BCUT2D eigenvalue weighted by molar-refractivity contribution is -0.146. The highest BCUT2D eigenvalue weighted by Crippen LogP contribution is 2.21. The number of benzene rings is 3. The minimum Gasteiger partial charge on any atom is -0.354 e. The summed E-state index contributed by atoms with van der Waals surface area (Å²) in [7, 11) is 5.33. The lowest BCUT2D eigenvalue weighted by Crippen LogP contribution is -2.56. The average Bonchev–Trinajstić information content (AvgIpc) is 3.45. The number of rotatable bonds is 14. The molecule has 0 aromatic heterocycles. The first kappa shape index (κ1) is 35.8. The van der Waals surface area contributed by atoms with Crippen LogP contribution in [-0.4, -0.2) is 90.3 Å². The third kappa shape index (κ3) is 10.2. The second kappa shape index (κ2) is 16.2. The van der Waals surface area contributed by atoms with Gasteiger partial charge < -0.3 is 25.8 Å². The number of likely N-dealkylation sites (tertiary alicyclic amines) is 1. The van der Waals surface area contributed by atoms with E-state index < -0.39 is 17.6 Å². The maximum absolute atomic E-state index is 14.4. The van der Waals surface area contributed by atoms with Crippen LogP contribution in [0.15, 0.2) is 78.9 Å². The first-order valence-electron chi connectivity index (χ1n) is 16.5. The van der Waals surface area contributed by atoms with Gasteiger partial charge in [-0.3, -0.25) is 14.4 Å². The van der Waals surface area contributed by atoms with Crippen LogP contribution in [0.3, 0.4) is 0 Å². The van der Waals surface area contributed by atoms with Gasteiger partial charge >= 0.3 is 0 Å². The van der Waals surface area contributed by atoms with Crippen LogP contribution in [-0.2, 0) is 27.2 Å². The summed E-state index contributed by atoms with van der Waals surface area (Å²) >= 11 is 0. The van der Waals surface area contributed by atoms with Gasteiger partial charge in [-0.2, -0.15) is 0 Å². The number of nitrogens with one attached hydrogen (secondary N) is 1. The summed E-state index contributed by atoms with van der Waals surface area (Å²) in [6.07, 6.45) is 7.18. The monoisotopic (exact) mass is 643 g/mol. The van der Waals surface area contributed by atoms with Gasteiger partial charge in [-0.25, -0.2) is 4.39 Å². The topological polar surface area (TPSA) is 99.0 Å². The molecule has 1 aliphatic heterocycles. The summed E-state index contributed by atoms with van der Waals surface area (Å²) in [6.45, 7) is 5.29. The Morgan fingerprint density at radius 1 is 0.979 bits per heavy atom. The number of nitrogens with two attached hydrogens (primary N) is 1. The smallest absolute Gasteiger partial charge is 0.246 e. The number of likely N-dealkylation sites (N-methyl/N-ethyl adjacent to an activating group) is 2. The van der Waals surface area contributed by atoms with Gasteiger partial charge in [0.15, 0.2) is 0 Å². The molecule has 1 aliphatic rings. The van der Waals surface area contributed by atoms with Gasteiger partial charge in [-0.15, -0.1) is 0 Å². The van der Waals surface area contributed by atoms with Crippen LogP contribution in [0.5, 0.6) is 0 Å². The zero-order valence-corrected chi connectivity index (χ0v) is 28.4. The molecule has 3 aromatic carbocycles. The third-order valence-corrected chi connectivity index (χ3v) is 9.16. The fraction of sp³-hybridized carbons (Fsp3) is 0.447. The van der Waals surface area contributed by atoms with E-state index in [4.69, 9.17) is 5.73 Å². The Morgan fingerprint density at radius 3 is 2.30 bits per heavy atom. The Balaban J connectivity index is 1.60. The number of hydrogen-bond acceptors (Lipinski definition) is 5. The van der Waals surface area contributed by atoms with Crippen LogP contribution < -0.4 is 11.1 Å². The molecule has 0 radical (unpaired) electrons. The number of carbonyl (C=O) groups is 3. The fourth-order valence-corrected chi connectivity index (χ4v) is 6.18. The van der Waals surface area contributed by atoms with Gasteiger partial charge in [0, 0.05) is 45.1 Å². The Morgan fingerprint density at radius 2 is 1.64 bits per heavy atom. The van der Waals surface area contributed by atoms with Gasteiger partial charge in [0.2, 0.25) is 17.7 Å². The van der Waals surface area contributed by atoms with Crippen molar-refractivity contribution in [2.45, 2.75) is 76.0 Å². The molecule has 2 unspecified atom stereocenters. The molecule has 47 heavy (non-hydrogen) atoms. The van der Waals surface area contributed by atoms with E-state index in [1.165, 1.54) is 28.0 Å². The van der Waals surface area contributed by atoms with E-state index >= 15 is 0 Å². The van der Waals surface area contributed by atoms with Crippen molar-refractivity contribution in [1.82, 2.24) is 20.0 Å². The Hall–Kier alpha value is -4.08. The van der Waals surface area contributed by atoms with Crippen LogP contribution >= 0.6 is 0 Å². The average molecular weight is 644 g/mol. The molecule has 0 saturated carbocycles. The van der Waals surface area contributed by atoms with Crippen molar-refractivity contribution in [3.05, 3.63) is 95.8 Å². The molecule has 3 aromatic rings. The van der Waals surface area contributed by atoms with E-state index in [2.05, 4.69) is 17.3 Å². The van der Waals surface area contributed by atoms with Gasteiger partial charge in [-0.05, 0) is 93.2 Å². The molecule has 1 saturated heterocycles. The molecule has 4 rings (SSSR count).